The van der Waals surface area contributed by atoms with E-state index in [0.29, 0.717) is 18.6 Å². The molecule has 0 unspecified atom stereocenters. The van der Waals surface area contributed by atoms with Gasteiger partial charge in [0.1, 0.15) is 6.61 Å². The van der Waals surface area contributed by atoms with E-state index in [1.54, 1.807) is 18.2 Å². The van der Waals surface area contributed by atoms with Gasteiger partial charge in [-0.2, -0.15) is 26.3 Å². The van der Waals surface area contributed by atoms with E-state index in [4.69, 9.17) is 14.6 Å². The number of rotatable bonds is 4. The Hall–Kier alpha value is -2.54. The summed E-state index contributed by atoms with van der Waals surface area (Å²) in [5.74, 6) is 4.85. The smallest absolute Gasteiger partial charge is 0.384 e. The van der Waals surface area contributed by atoms with Crippen LogP contribution in [0.1, 0.15) is 47.6 Å². The van der Waals surface area contributed by atoms with Crippen LogP contribution in [0.5, 0.6) is 0 Å². The van der Waals surface area contributed by atoms with Gasteiger partial charge in [0.2, 0.25) is 0 Å². The Morgan fingerprint density at radius 3 is 2.18 bits per heavy atom. The molecule has 1 aliphatic rings. The Balaban J connectivity index is 1.95. The van der Waals surface area contributed by atoms with Crippen LogP contribution in [0.15, 0.2) is 48.5 Å². The highest BCUT2D eigenvalue weighted by molar-refractivity contribution is 5.35. The van der Waals surface area contributed by atoms with Gasteiger partial charge in [0.25, 0.3) is 0 Å². The SMILES string of the molecule is C[C@@H](O[C@H]1OCC[C@@H](C#CCO)[C@@H]1c1ccccc1)c1cc(C(F)(F)F)cc(C(F)(F)F)c1. The molecule has 178 valence electrons. The topological polar surface area (TPSA) is 38.7 Å². The number of hydrogen-bond acceptors (Lipinski definition) is 3. The van der Waals surface area contributed by atoms with Crippen LogP contribution in [-0.2, 0) is 21.8 Å². The first-order valence-electron chi connectivity index (χ1n) is 10.2. The molecule has 2 aromatic rings. The van der Waals surface area contributed by atoms with Crippen LogP contribution in [0, 0.1) is 17.8 Å². The molecule has 1 fully saturated rings. The predicted octanol–water partition coefficient (Wildman–Crippen LogP) is 5.94. The van der Waals surface area contributed by atoms with Crippen molar-refractivity contribution in [2.24, 2.45) is 5.92 Å². The van der Waals surface area contributed by atoms with Gasteiger partial charge >= 0.3 is 12.4 Å². The third-order valence-electron chi connectivity index (χ3n) is 5.41. The molecule has 9 heteroatoms. The molecule has 1 aliphatic heterocycles. The molecule has 0 bridgehead atoms. The predicted molar refractivity (Wildman–Crippen MR) is 108 cm³/mol. The summed E-state index contributed by atoms with van der Waals surface area (Å²) in [6.45, 7) is 1.28. The standard InChI is InChI=1S/C24H22F6O3/c1-15(18-12-19(23(25,26)27)14-20(13-18)24(28,29)30)33-22-21(16-6-3-2-4-7-16)17(8-5-10-31)9-11-32-22/h2-4,6-7,12-15,17,21-22,31H,9-11H2,1H3/t15-,17-,21+,22-/m1/s1. The Bertz CT molecular complexity index is 959. The zero-order valence-electron chi connectivity index (χ0n) is 17.6. The minimum atomic E-state index is -4.95. The van der Waals surface area contributed by atoms with E-state index in [2.05, 4.69) is 11.8 Å². The summed E-state index contributed by atoms with van der Waals surface area (Å²) in [5, 5.41) is 9.08. The number of halogens is 6. The van der Waals surface area contributed by atoms with Crippen LogP contribution in [0.2, 0.25) is 0 Å². The van der Waals surface area contributed by atoms with Crippen molar-refractivity contribution < 1.29 is 40.9 Å². The van der Waals surface area contributed by atoms with Crippen molar-refractivity contribution in [2.45, 2.75) is 44.0 Å². The first kappa shape index (κ1) is 25.1. The summed E-state index contributed by atoms with van der Waals surface area (Å²) in [6, 6.07) is 10.4. The lowest BCUT2D eigenvalue weighted by atomic mass is 9.82. The molecule has 3 rings (SSSR count). The van der Waals surface area contributed by atoms with Crippen LogP contribution in [0.3, 0.4) is 0 Å². The van der Waals surface area contributed by atoms with E-state index in [1.807, 2.05) is 12.1 Å². The van der Waals surface area contributed by atoms with Crippen molar-refractivity contribution >= 4 is 0 Å². The van der Waals surface area contributed by atoms with Gasteiger partial charge in [-0.05, 0) is 42.7 Å². The fourth-order valence-corrected chi connectivity index (χ4v) is 3.80. The lowest BCUT2D eigenvalue weighted by Crippen LogP contribution is -2.37. The van der Waals surface area contributed by atoms with E-state index < -0.39 is 41.8 Å². The third-order valence-corrected chi connectivity index (χ3v) is 5.41. The average molecular weight is 472 g/mol. The average Bonchev–Trinajstić information content (AvgIpc) is 2.76. The molecule has 2 aromatic carbocycles. The minimum absolute atomic E-state index is 0.0839. The van der Waals surface area contributed by atoms with E-state index in [-0.39, 0.29) is 30.8 Å². The Labute approximate surface area is 187 Å². The highest BCUT2D eigenvalue weighted by Crippen LogP contribution is 2.41. The van der Waals surface area contributed by atoms with Gasteiger partial charge < -0.3 is 14.6 Å². The molecule has 1 N–H and O–H groups in total. The molecule has 1 heterocycles. The maximum atomic E-state index is 13.2. The molecule has 0 spiro atoms. The lowest BCUT2D eigenvalue weighted by Gasteiger charge is -2.37. The molecule has 4 atom stereocenters. The second kappa shape index (κ2) is 10.2. The highest BCUT2D eigenvalue weighted by Gasteiger charge is 2.39. The van der Waals surface area contributed by atoms with Gasteiger partial charge in [0.15, 0.2) is 6.29 Å². The molecular weight excluding hydrogens is 450 g/mol. The normalized spacial score (nSPS) is 22.4. The van der Waals surface area contributed by atoms with E-state index in [0.717, 1.165) is 5.56 Å². The summed E-state index contributed by atoms with van der Waals surface area (Å²) in [5.41, 5.74) is -2.28. The van der Waals surface area contributed by atoms with Crippen molar-refractivity contribution in [3.63, 3.8) is 0 Å². The fraction of sp³-hybridized carbons (Fsp3) is 0.417. The van der Waals surface area contributed by atoms with Gasteiger partial charge in [-0.25, -0.2) is 0 Å². The monoisotopic (exact) mass is 472 g/mol. The Morgan fingerprint density at radius 1 is 1.03 bits per heavy atom. The summed E-state index contributed by atoms with van der Waals surface area (Å²) < 4.78 is 91.1. The van der Waals surface area contributed by atoms with Crippen molar-refractivity contribution in [3.8, 4) is 11.8 Å². The molecule has 0 saturated carbocycles. The van der Waals surface area contributed by atoms with Crippen molar-refractivity contribution in [2.75, 3.05) is 13.2 Å². The number of benzene rings is 2. The third kappa shape index (κ3) is 6.28. The Kier molecular flexibility index (Phi) is 7.73. The van der Waals surface area contributed by atoms with Crippen LogP contribution >= 0.6 is 0 Å². The largest absolute Gasteiger partial charge is 0.416 e. The van der Waals surface area contributed by atoms with Crippen LogP contribution in [0.4, 0.5) is 26.3 Å². The second-order valence-electron chi connectivity index (χ2n) is 7.67. The maximum Gasteiger partial charge on any atom is 0.416 e. The first-order valence-corrected chi connectivity index (χ1v) is 10.2. The van der Waals surface area contributed by atoms with Gasteiger partial charge in [-0.3, -0.25) is 0 Å². The number of hydrogen-bond donors (Lipinski definition) is 1. The molecule has 33 heavy (non-hydrogen) atoms. The van der Waals surface area contributed by atoms with E-state index >= 15 is 0 Å². The highest BCUT2D eigenvalue weighted by atomic mass is 19.4. The van der Waals surface area contributed by atoms with Crippen molar-refractivity contribution in [1.82, 2.24) is 0 Å². The summed E-state index contributed by atoms with van der Waals surface area (Å²) >= 11 is 0. The van der Waals surface area contributed by atoms with Gasteiger partial charge in [0.05, 0.1) is 23.8 Å². The minimum Gasteiger partial charge on any atom is -0.384 e. The molecule has 0 aromatic heterocycles. The molecule has 0 aliphatic carbocycles. The van der Waals surface area contributed by atoms with E-state index in [9.17, 15) is 26.3 Å². The summed E-state index contributed by atoms with van der Waals surface area (Å²) in [7, 11) is 0. The summed E-state index contributed by atoms with van der Waals surface area (Å²) in [6.07, 6.45) is -11.5. The van der Waals surface area contributed by atoms with Gasteiger partial charge in [0, 0.05) is 11.8 Å². The maximum absolute atomic E-state index is 13.2. The van der Waals surface area contributed by atoms with Gasteiger partial charge in [-0.1, -0.05) is 42.2 Å². The fourth-order valence-electron chi connectivity index (χ4n) is 3.80. The zero-order chi connectivity index (χ0) is 24.2. The lowest BCUT2D eigenvalue weighted by molar-refractivity contribution is -0.204. The molecular formula is C24H22F6O3. The quantitative estimate of drug-likeness (QED) is 0.442. The molecule has 1 saturated heterocycles. The number of aliphatic hydroxyl groups is 1. The number of aliphatic hydroxyl groups excluding tert-OH is 1. The molecule has 0 radical (unpaired) electrons. The van der Waals surface area contributed by atoms with E-state index in [1.165, 1.54) is 6.92 Å². The summed E-state index contributed by atoms with van der Waals surface area (Å²) in [4.78, 5) is 0. The van der Waals surface area contributed by atoms with Crippen molar-refractivity contribution in [1.29, 1.82) is 0 Å². The molecule has 0 amide bonds. The Morgan fingerprint density at radius 2 is 1.64 bits per heavy atom. The second-order valence-corrected chi connectivity index (χ2v) is 7.67. The van der Waals surface area contributed by atoms with Crippen LogP contribution < -0.4 is 0 Å². The number of alkyl halides is 6. The first-order chi connectivity index (χ1) is 15.5. The molecule has 3 nitrogen and oxygen atoms in total. The van der Waals surface area contributed by atoms with Crippen molar-refractivity contribution in [3.05, 3.63) is 70.8 Å². The zero-order valence-corrected chi connectivity index (χ0v) is 17.6. The van der Waals surface area contributed by atoms with Crippen LogP contribution in [-0.4, -0.2) is 24.6 Å². The van der Waals surface area contributed by atoms with Crippen LogP contribution in [0.25, 0.3) is 0 Å². The van der Waals surface area contributed by atoms with Gasteiger partial charge in [-0.15, -0.1) is 0 Å². The number of ether oxygens (including phenoxy) is 2.